The van der Waals surface area contributed by atoms with Gasteiger partial charge in [0.15, 0.2) is 5.83 Å². The third kappa shape index (κ3) is 9.53. The van der Waals surface area contributed by atoms with Crippen molar-refractivity contribution in [3.8, 4) is 6.07 Å². The van der Waals surface area contributed by atoms with Crippen LogP contribution in [0.4, 0.5) is 4.39 Å². The van der Waals surface area contributed by atoms with Gasteiger partial charge in [0.1, 0.15) is 6.07 Å². The molecule has 0 saturated heterocycles. The Hall–Kier alpha value is -1.66. The van der Waals surface area contributed by atoms with Gasteiger partial charge in [-0.3, -0.25) is 0 Å². The molecule has 2 nitrogen and oxygen atoms in total. The molecule has 34 heavy (non-hydrogen) atoms. The normalized spacial score (nSPS) is 25.7. The monoisotopic (exact) mass is 467 g/mol. The number of halogens is 1. The molecule has 0 N–H and O–H groups in total. The van der Waals surface area contributed by atoms with Crippen molar-refractivity contribution in [1.82, 2.24) is 0 Å². The first-order chi connectivity index (χ1) is 16.7. The fourth-order valence-corrected chi connectivity index (χ4v) is 5.90. The zero-order valence-corrected chi connectivity index (χ0v) is 21.5. The number of allylic oxidation sites excluding steroid dienone is 2. The summed E-state index contributed by atoms with van der Waals surface area (Å²) in [5.41, 5.74) is 3.04. The van der Waals surface area contributed by atoms with Gasteiger partial charge in [0, 0.05) is 6.61 Å². The van der Waals surface area contributed by atoms with Gasteiger partial charge in [-0.15, -0.1) is 0 Å². The molecule has 0 aromatic heterocycles. The van der Waals surface area contributed by atoms with Crippen molar-refractivity contribution in [3.05, 3.63) is 47.3 Å². The summed E-state index contributed by atoms with van der Waals surface area (Å²) >= 11 is 0. The number of ether oxygens (including phenoxy) is 1. The number of nitriles is 1. The van der Waals surface area contributed by atoms with Gasteiger partial charge < -0.3 is 4.74 Å². The number of hydrogen-bond acceptors (Lipinski definition) is 2. The molecular weight excluding hydrogens is 421 g/mol. The van der Waals surface area contributed by atoms with E-state index in [2.05, 4.69) is 31.2 Å². The van der Waals surface area contributed by atoms with E-state index in [-0.39, 0.29) is 0 Å². The van der Waals surface area contributed by atoms with Crippen molar-refractivity contribution in [1.29, 1.82) is 5.26 Å². The Morgan fingerprint density at radius 1 is 0.941 bits per heavy atom. The van der Waals surface area contributed by atoms with Crippen LogP contribution in [0.5, 0.6) is 0 Å². The Bertz CT molecular complexity index is 749. The van der Waals surface area contributed by atoms with Crippen molar-refractivity contribution in [2.24, 2.45) is 11.8 Å². The molecule has 3 rings (SSSR count). The van der Waals surface area contributed by atoms with Crippen LogP contribution >= 0.6 is 0 Å². The molecule has 1 aromatic rings. The van der Waals surface area contributed by atoms with Crippen LogP contribution in [-0.2, 0) is 11.2 Å². The maximum Gasteiger partial charge on any atom is 0.196 e. The molecule has 2 aliphatic rings. The Balaban J connectivity index is 1.27. The average Bonchev–Trinajstić information content (AvgIpc) is 2.88. The van der Waals surface area contributed by atoms with Crippen LogP contribution in [0.25, 0.3) is 0 Å². The van der Waals surface area contributed by atoms with Gasteiger partial charge in [-0.25, -0.2) is 0 Å². The minimum Gasteiger partial charge on any atom is -0.378 e. The molecule has 0 aliphatic heterocycles. The minimum atomic E-state index is -0.642. The lowest BCUT2D eigenvalue weighted by Crippen LogP contribution is -2.25. The molecule has 0 radical (unpaired) electrons. The number of aryl methyl sites for hydroxylation is 1. The molecular formula is C31H46FNO. The van der Waals surface area contributed by atoms with E-state index >= 15 is 0 Å². The third-order valence-electron chi connectivity index (χ3n) is 8.23. The quantitative estimate of drug-likeness (QED) is 0.214. The molecule has 0 atom stereocenters. The van der Waals surface area contributed by atoms with Gasteiger partial charge >= 0.3 is 0 Å². The first-order valence-corrected chi connectivity index (χ1v) is 14.1. The molecule has 2 saturated carbocycles. The second-order valence-corrected chi connectivity index (χ2v) is 10.8. The van der Waals surface area contributed by atoms with Crippen LogP contribution in [0.15, 0.2) is 36.2 Å². The Kier molecular flexibility index (Phi) is 12.2. The number of unbranched alkanes of at least 4 members (excludes halogenated alkanes) is 4. The highest BCUT2D eigenvalue weighted by Crippen LogP contribution is 2.37. The summed E-state index contributed by atoms with van der Waals surface area (Å²) in [6.07, 6.45) is 21.3. The van der Waals surface area contributed by atoms with Crippen LogP contribution in [0.1, 0.15) is 120 Å². The van der Waals surface area contributed by atoms with Gasteiger partial charge in [0.05, 0.1) is 6.10 Å². The standard InChI is InChI=1S/C31H46FNO/c1-2-3-4-5-6-8-25-11-17-28(18-12-25)29-19-13-27(14-20-29)24-34-31-21-15-26(16-22-31)9-7-10-30(32)23-33/h10-12,17-18,26-27,29,31H,2-9,13-16,19-22,24H2,1H3/t26-,27-,29-,31-. The van der Waals surface area contributed by atoms with Gasteiger partial charge in [0.2, 0.25) is 0 Å². The van der Waals surface area contributed by atoms with Crippen LogP contribution in [0.2, 0.25) is 0 Å². The highest BCUT2D eigenvalue weighted by Gasteiger charge is 2.25. The number of benzene rings is 1. The van der Waals surface area contributed by atoms with Crippen LogP contribution < -0.4 is 0 Å². The zero-order chi connectivity index (χ0) is 24.0. The molecule has 0 bridgehead atoms. The maximum atomic E-state index is 12.9. The predicted octanol–water partition coefficient (Wildman–Crippen LogP) is 9.21. The summed E-state index contributed by atoms with van der Waals surface area (Å²) in [7, 11) is 0. The highest BCUT2D eigenvalue weighted by molar-refractivity contribution is 5.26. The molecule has 2 aliphatic carbocycles. The average molecular weight is 468 g/mol. The third-order valence-corrected chi connectivity index (χ3v) is 8.23. The van der Waals surface area contributed by atoms with E-state index in [9.17, 15) is 4.39 Å². The molecule has 0 spiro atoms. The van der Waals surface area contributed by atoms with E-state index in [0.29, 0.717) is 18.4 Å². The van der Waals surface area contributed by atoms with E-state index in [4.69, 9.17) is 10.00 Å². The summed E-state index contributed by atoms with van der Waals surface area (Å²) in [5, 5.41) is 8.49. The van der Waals surface area contributed by atoms with E-state index < -0.39 is 5.83 Å². The van der Waals surface area contributed by atoms with Crippen LogP contribution in [0, 0.1) is 23.2 Å². The fraction of sp³-hybridized carbons (Fsp3) is 0.710. The first kappa shape index (κ1) is 26.9. The van der Waals surface area contributed by atoms with Crippen LogP contribution in [0.3, 0.4) is 0 Å². The smallest absolute Gasteiger partial charge is 0.196 e. The maximum absolute atomic E-state index is 12.9. The molecule has 3 heteroatoms. The minimum absolute atomic E-state index is 0.412. The van der Waals surface area contributed by atoms with Crippen molar-refractivity contribution in [2.75, 3.05) is 6.61 Å². The predicted molar refractivity (Wildman–Crippen MR) is 139 cm³/mol. The van der Waals surface area contributed by atoms with Crippen molar-refractivity contribution in [3.63, 3.8) is 0 Å². The second kappa shape index (κ2) is 15.4. The van der Waals surface area contributed by atoms with Gasteiger partial charge in [0.25, 0.3) is 0 Å². The van der Waals surface area contributed by atoms with Crippen molar-refractivity contribution < 1.29 is 9.13 Å². The van der Waals surface area contributed by atoms with Gasteiger partial charge in [-0.05, 0) is 112 Å². The number of nitrogens with zero attached hydrogens (tertiary/aromatic N) is 1. The number of hydrogen-bond donors (Lipinski definition) is 0. The molecule has 0 amide bonds. The highest BCUT2D eigenvalue weighted by atomic mass is 19.1. The molecule has 0 heterocycles. The largest absolute Gasteiger partial charge is 0.378 e. The molecule has 1 aromatic carbocycles. The lowest BCUT2D eigenvalue weighted by molar-refractivity contribution is -0.00824. The zero-order valence-electron chi connectivity index (χ0n) is 21.5. The van der Waals surface area contributed by atoms with Crippen LogP contribution in [-0.4, -0.2) is 12.7 Å². The van der Waals surface area contributed by atoms with E-state index in [1.54, 1.807) is 6.07 Å². The van der Waals surface area contributed by atoms with Gasteiger partial charge in [-0.2, -0.15) is 9.65 Å². The van der Waals surface area contributed by atoms with Crippen molar-refractivity contribution in [2.45, 2.75) is 122 Å². The number of rotatable bonds is 13. The Morgan fingerprint density at radius 2 is 1.62 bits per heavy atom. The lowest BCUT2D eigenvalue weighted by atomic mass is 9.78. The summed E-state index contributed by atoms with van der Waals surface area (Å²) in [5.74, 6) is 1.46. The molecule has 0 unspecified atom stereocenters. The summed E-state index contributed by atoms with van der Waals surface area (Å²) < 4.78 is 19.2. The van der Waals surface area contributed by atoms with E-state index in [1.807, 2.05) is 0 Å². The molecule has 2 fully saturated rings. The Labute approximate surface area is 208 Å². The summed E-state index contributed by atoms with van der Waals surface area (Å²) in [6.45, 7) is 3.20. The van der Waals surface area contributed by atoms with E-state index in [1.165, 1.54) is 94.3 Å². The van der Waals surface area contributed by atoms with Crippen molar-refractivity contribution >= 4 is 0 Å². The first-order valence-electron chi connectivity index (χ1n) is 14.1. The fourth-order valence-electron chi connectivity index (χ4n) is 5.90. The summed E-state index contributed by atoms with van der Waals surface area (Å²) in [6, 6.07) is 11.1. The van der Waals surface area contributed by atoms with Gasteiger partial charge in [-0.1, -0.05) is 56.9 Å². The lowest BCUT2D eigenvalue weighted by Gasteiger charge is -2.32. The Morgan fingerprint density at radius 3 is 2.29 bits per heavy atom. The molecule has 188 valence electrons. The SMILES string of the molecule is CCCCCCCc1ccc([C@H]2CC[C@H](CO[C@H]3CC[C@H](CCC=C(F)C#N)CC3)CC2)cc1. The second-order valence-electron chi connectivity index (χ2n) is 10.8. The van der Waals surface area contributed by atoms with E-state index in [0.717, 1.165) is 37.7 Å². The topological polar surface area (TPSA) is 33.0 Å². The summed E-state index contributed by atoms with van der Waals surface area (Å²) in [4.78, 5) is 0.